The van der Waals surface area contributed by atoms with Gasteiger partial charge in [0.25, 0.3) is 0 Å². The Morgan fingerprint density at radius 1 is 1.38 bits per heavy atom. The maximum atomic E-state index is 13.5. The maximum Gasteiger partial charge on any atom is 0.162 e. The Morgan fingerprint density at radius 2 is 2.08 bits per heavy atom. The number of rotatable bonds is 1. The number of nitrogens with one attached hydrogen (secondary N) is 1. The molecular weight excluding hydrogens is 214 g/mol. The second kappa shape index (κ2) is 4.74. The molecule has 1 aromatic rings. The average Bonchev–Trinajstić information content (AvgIpc) is 2.02. The van der Waals surface area contributed by atoms with Gasteiger partial charge in [0.1, 0.15) is 0 Å². The molecule has 13 heavy (non-hydrogen) atoms. The zero-order valence-electron chi connectivity index (χ0n) is 6.87. The first-order chi connectivity index (χ1) is 5.31. The fraction of sp³-hybridized carbons (Fsp3) is 0.375. The molecule has 1 aromatic heterocycles. The van der Waals surface area contributed by atoms with Crippen LogP contribution >= 0.6 is 24.8 Å². The van der Waals surface area contributed by atoms with Gasteiger partial charge >= 0.3 is 0 Å². The summed E-state index contributed by atoms with van der Waals surface area (Å²) >= 11 is 0. The number of nitrogens with zero attached hydrogens (tertiary/aromatic N) is 1. The molecule has 0 saturated carbocycles. The topological polar surface area (TPSA) is 24.9 Å². The largest absolute Gasteiger partial charge is 0.310 e. The minimum Gasteiger partial charge on any atom is -0.310 e. The first-order valence-electron chi connectivity index (χ1n) is 3.61. The fourth-order valence-electron chi connectivity index (χ4n) is 1.18. The van der Waals surface area contributed by atoms with Gasteiger partial charge in [0.05, 0.1) is 0 Å². The number of pyridine rings is 1. The average molecular weight is 225 g/mol. The summed E-state index contributed by atoms with van der Waals surface area (Å²) in [5.74, 6) is 0. The molecule has 1 aliphatic heterocycles. The number of aromatic nitrogens is 1. The van der Waals surface area contributed by atoms with Crippen LogP contribution in [0, 0.1) is 0 Å². The lowest BCUT2D eigenvalue weighted by atomic mass is 9.92. The summed E-state index contributed by atoms with van der Waals surface area (Å²) in [6, 6.07) is 3.53. The Morgan fingerprint density at radius 3 is 2.46 bits per heavy atom. The van der Waals surface area contributed by atoms with E-state index >= 15 is 0 Å². The Kier molecular flexibility index (Phi) is 4.61. The van der Waals surface area contributed by atoms with Crippen LogP contribution in [0.3, 0.4) is 0 Å². The SMILES string of the molecule is Cl.Cl.FC1(c2cccnc2)CNC1. The van der Waals surface area contributed by atoms with Gasteiger partial charge in [-0.3, -0.25) is 4.98 Å². The third-order valence-corrected chi connectivity index (χ3v) is 1.99. The quantitative estimate of drug-likeness (QED) is 0.786. The summed E-state index contributed by atoms with van der Waals surface area (Å²) in [6.07, 6.45) is 3.24. The van der Waals surface area contributed by atoms with Crippen molar-refractivity contribution in [2.24, 2.45) is 0 Å². The minimum absolute atomic E-state index is 0. The van der Waals surface area contributed by atoms with E-state index in [1.807, 2.05) is 0 Å². The molecule has 0 radical (unpaired) electrons. The molecule has 1 aliphatic rings. The lowest BCUT2D eigenvalue weighted by Crippen LogP contribution is -2.53. The van der Waals surface area contributed by atoms with E-state index in [-0.39, 0.29) is 24.8 Å². The lowest BCUT2D eigenvalue weighted by molar-refractivity contribution is 0.0887. The number of hydrogen-bond donors (Lipinski definition) is 1. The molecule has 0 aromatic carbocycles. The molecule has 1 fully saturated rings. The minimum atomic E-state index is -1.16. The highest BCUT2D eigenvalue weighted by Crippen LogP contribution is 2.28. The molecule has 0 atom stereocenters. The van der Waals surface area contributed by atoms with Crippen molar-refractivity contribution in [1.29, 1.82) is 0 Å². The Bertz CT molecular complexity index is 252. The van der Waals surface area contributed by atoms with E-state index in [0.717, 1.165) is 0 Å². The first kappa shape index (κ1) is 12.6. The van der Waals surface area contributed by atoms with E-state index in [1.54, 1.807) is 24.5 Å². The van der Waals surface area contributed by atoms with Crippen LogP contribution in [-0.4, -0.2) is 18.1 Å². The Labute approximate surface area is 88.8 Å². The molecule has 2 rings (SSSR count). The normalized spacial score (nSPS) is 17.6. The van der Waals surface area contributed by atoms with Gasteiger partial charge in [-0.05, 0) is 6.07 Å². The number of alkyl halides is 1. The zero-order chi connectivity index (χ0) is 7.73. The molecule has 1 saturated heterocycles. The summed E-state index contributed by atoms with van der Waals surface area (Å²) in [5, 5.41) is 2.90. The van der Waals surface area contributed by atoms with E-state index in [1.165, 1.54) is 0 Å². The summed E-state index contributed by atoms with van der Waals surface area (Å²) in [7, 11) is 0. The van der Waals surface area contributed by atoms with Gasteiger partial charge in [0.2, 0.25) is 0 Å². The van der Waals surface area contributed by atoms with Crippen molar-refractivity contribution in [3.63, 3.8) is 0 Å². The van der Waals surface area contributed by atoms with Gasteiger partial charge in [-0.25, -0.2) is 4.39 Å². The molecule has 0 aliphatic carbocycles. The van der Waals surface area contributed by atoms with Crippen LogP contribution in [0.4, 0.5) is 4.39 Å². The van der Waals surface area contributed by atoms with Gasteiger partial charge in [-0.15, -0.1) is 24.8 Å². The van der Waals surface area contributed by atoms with Crippen LogP contribution in [0.2, 0.25) is 0 Å². The van der Waals surface area contributed by atoms with Crippen molar-refractivity contribution in [1.82, 2.24) is 10.3 Å². The first-order valence-corrected chi connectivity index (χ1v) is 3.61. The predicted octanol–water partition coefficient (Wildman–Crippen LogP) is 1.69. The standard InChI is InChI=1S/C8H9FN2.2ClH/c9-8(5-11-6-8)7-2-1-3-10-4-7;;/h1-4,11H,5-6H2;2*1H. The molecular formula is C8H11Cl2FN2. The molecule has 0 amide bonds. The fourth-order valence-corrected chi connectivity index (χ4v) is 1.18. The highest BCUT2D eigenvalue weighted by atomic mass is 35.5. The van der Waals surface area contributed by atoms with E-state index in [0.29, 0.717) is 18.7 Å². The summed E-state index contributed by atoms with van der Waals surface area (Å²) in [5.41, 5.74) is -0.479. The molecule has 0 spiro atoms. The Balaban J connectivity index is 0.000000720. The second-order valence-corrected chi connectivity index (χ2v) is 2.81. The van der Waals surface area contributed by atoms with Crippen molar-refractivity contribution in [2.75, 3.05) is 13.1 Å². The van der Waals surface area contributed by atoms with Crippen molar-refractivity contribution in [3.8, 4) is 0 Å². The number of hydrogen-bond acceptors (Lipinski definition) is 2. The van der Waals surface area contributed by atoms with Crippen LogP contribution in [-0.2, 0) is 5.67 Å². The van der Waals surface area contributed by atoms with E-state index in [2.05, 4.69) is 10.3 Å². The smallest absolute Gasteiger partial charge is 0.162 e. The van der Waals surface area contributed by atoms with Gasteiger partial charge in [0.15, 0.2) is 5.67 Å². The summed E-state index contributed by atoms with van der Waals surface area (Å²) < 4.78 is 13.5. The van der Waals surface area contributed by atoms with Crippen molar-refractivity contribution in [3.05, 3.63) is 30.1 Å². The van der Waals surface area contributed by atoms with Gasteiger partial charge in [-0.2, -0.15) is 0 Å². The van der Waals surface area contributed by atoms with Crippen LogP contribution in [0.15, 0.2) is 24.5 Å². The monoisotopic (exact) mass is 224 g/mol. The maximum absolute atomic E-state index is 13.5. The van der Waals surface area contributed by atoms with Crippen LogP contribution in [0.25, 0.3) is 0 Å². The van der Waals surface area contributed by atoms with Gasteiger partial charge < -0.3 is 5.32 Å². The summed E-state index contributed by atoms with van der Waals surface area (Å²) in [6.45, 7) is 0.831. The lowest BCUT2D eigenvalue weighted by Gasteiger charge is -2.34. The van der Waals surface area contributed by atoms with Crippen molar-refractivity contribution < 1.29 is 4.39 Å². The van der Waals surface area contributed by atoms with E-state index < -0.39 is 5.67 Å². The molecule has 0 unspecified atom stereocenters. The van der Waals surface area contributed by atoms with Crippen molar-refractivity contribution >= 4 is 24.8 Å². The molecule has 1 N–H and O–H groups in total. The summed E-state index contributed by atoms with van der Waals surface area (Å²) in [4.78, 5) is 3.87. The Hall–Kier alpha value is -0.380. The highest BCUT2D eigenvalue weighted by molar-refractivity contribution is 5.85. The molecule has 0 bridgehead atoms. The third kappa shape index (κ3) is 2.30. The van der Waals surface area contributed by atoms with Gasteiger partial charge in [-0.1, -0.05) is 6.07 Å². The molecule has 2 heterocycles. The highest BCUT2D eigenvalue weighted by Gasteiger charge is 2.38. The predicted molar refractivity (Wildman–Crippen MR) is 54.4 cm³/mol. The van der Waals surface area contributed by atoms with Crippen LogP contribution in [0.5, 0.6) is 0 Å². The van der Waals surface area contributed by atoms with Crippen LogP contribution < -0.4 is 5.32 Å². The molecule has 5 heteroatoms. The molecule has 2 nitrogen and oxygen atoms in total. The van der Waals surface area contributed by atoms with Gasteiger partial charge in [0, 0.05) is 31.0 Å². The van der Waals surface area contributed by atoms with E-state index in [9.17, 15) is 4.39 Å². The third-order valence-electron chi connectivity index (χ3n) is 1.99. The second-order valence-electron chi connectivity index (χ2n) is 2.81. The molecule has 74 valence electrons. The number of halogens is 3. The van der Waals surface area contributed by atoms with E-state index in [4.69, 9.17) is 0 Å². The van der Waals surface area contributed by atoms with Crippen molar-refractivity contribution in [2.45, 2.75) is 5.67 Å². The zero-order valence-corrected chi connectivity index (χ0v) is 8.50. The van der Waals surface area contributed by atoms with Crippen LogP contribution in [0.1, 0.15) is 5.56 Å².